The number of carbonyl (C=O) groups is 1. The highest BCUT2D eigenvalue weighted by Gasteiger charge is 2.21. The van der Waals surface area contributed by atoms with Gasteiger partial charge in [0.15, 0.2) is 0 Å². The van der Waals surface area contributed by atoms with Crippen LogP contribution in [0.3, 0.4) is 0 Å². The number of rotatable bonds is 4. The van der Waals surface area contributed by atoms with Crippen LogP contribution in [0.4, 0.5) is 11.4 Å². The van der Waals surface area contributed by atoms with Gasteiger partial charge in [-0.1, -0.05) is 6.07 Å². The third-order valence-corrected chi connectivity index (χ3v) is 2.97. The zero-order valence-electron chi connectivity index (χ0n) is 10.7. The minimum absolute atomic E-state index is 0.0283. The lowest BCUT2D eigenvalue weighted by Gasteiger charge is -2.28. The van der Waals surface area contributed by atoms with Crippen molar-refractivity contribution in [1.29, 1.82) is 0 Å². The van der Waals surface area contributed by atoms with Crippen LogP contribution in [0.1, 0.15) is 5.56 Å². The molecule has 0 bridgehead atoms. The van der Waals surface area contributed by atoms with Crippen molar-refractivity contribution in [3.05, 3.63) is 40.0 Å². The number of hydrogen-bond acceptors (Lipinski definition) is 5. The van der Waals surface area contributed by atoms with Gasteiger partial charge >= 0.3 is 5.97 Å². The molecule has 7 heteroatoms. The molecule has 0 aromatic heterocycles. The Morgan fingerprint density at radius 1 is 1.40 bits per heavy atom. The van der Waals surface area contributed by atoms with Crippen molar-refractivity contribution < 1.29 is 19.6 Å². The van der Waals surface area contributed by atoms with Gasteiger partial charge in [0, 0.05) is 25.2 Å². The van der Waals surface area contributed by atoms with Crippen molar-refractivity contribution >= 4 is 23.4 Å². The van der Waals surface area contributed by atoms with Gasteiger partial charge in [-0.25, -0.2) is 4.79 Å². The predicted molar refractivity (Wildman–Crippen MR) is 72.8 cm³/mol. The molecule has 0 radical (unpaired) electrons. The number of hydrogen-bond donors (Lipinski definition) is 1. The first-order chi connectivity index (χ1) is 9.58. The molecule has 1 fully saturated rings. The molecule has 2 rings (SSSR count). The Hall–Kier alpha value is -2.41. The lowest BCUT2D eigenvalue weighted by Crippen LogP contribution is -2.36. The van der Waals surface area contributed by atoms with Crippen molar-refractivity contribution in [3.8, 4) is 0 Å². The van der Waals surface area contributed by atoms with E-state index in [1.807, 2.05) is 4.90 Å². The van der Waals surface area contributed by atoms with E-state index in [1.165, 1.54) is 12.1 Å². The third kappa shape index (κ3) is 3.33. The molecule has 0 aliphatic carbocycles. The fraction of sp³-hybridized carbons (Fsp3) is 0.308. The molecule has 106 valence electrons. The number of carboxylic acids is 1. The maximum atomic E-state index is 11.2. The minimum atomic E-state index is -1.09. The third-order valence-electron chi connectivity index (χ3n) is 2.97. The zero-order valence-corrected chi connectivity index (χ0v) is 10.7. The first kappa shape index (κ1) is 14.0. The van der Waals surface area contributed by atoms with Gasteiger partial charge in [-0.2, -0.15) is 0 Å². The Bertz CT molecular complexity index is 550. The number of carboxylic acid groups (broad SMARTS) is 1. The van der Waals surface area contributed by atoms with Gasteiger partial charge in [0.2, 0.25) is 0 Å². The fourth-order valence-electron chi connectivity index (χ4n) is 2.03. The maximum absolute atomic E-state index is 11.2. The van der Waals surface area contributed by atoms with Crippen LogP contribution in [0.5, 0.6) is 0 Å². The fourth-order valence-corrected chi connectivity index (χ4v) is 2.03. The molecule has 0 unspecified atom stereocenters. The van der Waals surface area contributed by atoms with Crippen molar-refractivity contribution in [3.63, 3.8) is 0 Å². The Morgan fingerprint density at radius 2 is 2.10 bits per heavy atom. The van der Waals surface area contributed by atoms with Gasteiger partial charge in [-0.15, -0.1) is 0 Å². The molecule has 1 heterocycles. The number of nitro groups is 1. The van der Waals surface area contributed by atoms with Gasteiger partial charge in [-0.05, 0) is 17.7 Å². The number of aliphatic carboxylic acids is 1. The lowest BCUT2D eigenvalue weighted by atomic mass is 10.1. The minimum Gasteiger partial charge on any atom is -0.478 e. The van der Waals surface area contributed by atoms with Crippen molar-refractivity contribution in [2.45, 2.75) is 0 Å². The van der Waals surface area contributed by atoms with Crippen molar-refractivity contribution in [2.75, 3.05) is 31.2 Å². The molecule has 1 aromatic rings. The summed E-state index contributed by atoms with van der Waals surface area (Å²) in [6, 6.07) is 4.69. The Labute approximate surface area is 115 Å². The van der Waals surface area contributed by atoms with E-state index in [4.69, 9.17) is 9.84 Å². The van der Waals surface area contributed by atoms with Crippen molar-refractivity contribution in [2.24, 2.45) is 0 Å². The van der Waals surface area contributed by atoms with Gasteiger partial charge in [0.05, 0.1) is 18.1 Å². The maximum Gasteiger partial charge on any atom is 0.328 e. The molecule has 20 heavy (non-hydrogen) atoms. The number of nitro benzene ring substituents is 1. The van der Waals surface area contributed by atoms with Gasteiger partial charge in [0.1, 0.15) is 5.69 Å². The van der Waals surface area contributed by atoms with E-state index >= 15 is 0 Å². The van der Waals surface area contributed by atoms with E-state index in [1.54, 1.807) is 12.1 Å². The molecule has 0 atom stereocenters. The molecular weight excluding hydrogens is 264 g/mol. The van der Waals surface area contributed by atoms with E-state index in [9.17, 15) is 14.9 Å². The van der Waals surface area contributed by atoms with Crippen LogP contribution in [0.25, 0.3) is 6.08 Å². The van der Waals surface area contributed by atoms with Crippen LogP contribution in [0.2, 0.25) is 0 Å². The second kappa shape index (κ2) is 6.16. The average Bonchev–Trinajstić information content (AvgIpc) is 2.45. The summed E-state index contributed by atoms with van der Waals surface area (Å²) in [4.78, 5) is 23.1. The van der Waals surface area contributed by atoms with Crippen LogP contribution in [0.15, 0.2) is 24.3 Å². The summed E-state index contributed by atoms with van der Waals surface area (Å²) in [6.07, 6.45) is 2.28. The van der Waals surface area contributed by atoms with Crippen LogP contribution in [-0.2, 0) is 9.53 Å². The molecule has 1 N–H and O–H groups in total. The highest BCUT2D eigenvalue weighted by atomic mass is 16.6. The Morgan fingerprint density at radius 3 is 2.70 bits per heavy atom. The highest BCUT2D eigenvalue weighted by Crippen LogP contribution is 2.30. The van der Waals surface area contributed by atoms with E-state index in [0.717, 1.165) is 6.08 Å². The molecule has 0 saturated carbocycles. The first-order valence-electron chi connectivity index (χ1n) is 6.10. The molecule has 1 aliphatic heterocycles. The van der Waals surface area contributed by atoms with Gasteiger partial charge in [0.25, 0.3) is 5.69 Å². The second-order valence-electron chi connectivity index (χ2n) is 4.28. The molecule has 1 aliphatic rings. The molecular formula is C13H14N2O5. The van der Waals surface area contributed by atoms with Crippen LogP contribution >= 0.6 is 0 Å². The first-order valence-corrected chi connectivity index (χ1v) is 6.10. The van der Waals surface area contributed by atoms with E-state index in [2.05, 4.69) is 0 Å². The number of morpholine rings is 1. The predicted octanol–water partition coefficient (Wildman–Crippen LogP) is 1.53. The van der Waals surface area contributed by atoms with E-state index in [-0.39, 0.29) is 5.69 Å². The van der Waals surface area contributed by atoms with Crippen LogP contribution in [-0.4, -0.2) is 42.3 Å². The zero-order chi connectivity index (χ0) is 14.5. The second-order valence-corrected chi connectivity index (χ2v) is 4.28. The van der Waals surface area contributed by atoms with Crippen LogP contribution in [0, 0.1) is 10.1 Å². The summed E-state index contributed by atoms with van der Waals surface area (Å²) in [6.45, 7) is 2.28. The molecule has 0 spiro atoms. The Balaban J connectivity index is 2.32. The molecule has 1 aromatic carbocycles. The SMILES string of the molecule is O=C(O)/C=C/c1ccc(N2CCOCC2)c([N+](=O)[O-])c1. The average molecular weight is 278 g/mol. The summed E-state index contributed by atoms with van der Waals surface area (Å²) in [7, 11) is 0. The van der Waals surface area contributed by atoms with E-state index < -0.39 is 10.9 Å². The highest BCUT2D eigenvalue weighted by molar-refractivity contribution is 5.85. The molecule has 1 saturated heterocycles. The van der Waals surface area contributed by atoms with E-state index in [0.29, 0.717) is 37.6 Å². The lowest BCUT2D eigenvalue weighted by molar-refractivity contribution is -0.384. The Kier molecular flexibility index (Phi) is 4.31. The summed E-state index contributed by atoms with van der Waals surface area (Å²) in [5.41, 5.74) is 0.987. The summed E-state index contributed by atoms with van der Waals surface area (Å²) in [5.74, 6) is -1.09. The summed E-state index contributed by atoms with van der Waals surface area (Å²) >= 11 is 0. The number of nitrogens with zero attached hydrogens (tertiary/aromatic N) is 2. The number of ether oxygens (including phenoxy) is 1. The van der Waals surface area contributed by atoms with Crippen molar-refractivity contribution in [1.82, 2.24) is 0 Å². The summed E-state index contributed by atoms with van der Waals surface area (Å²) in [5, 5.41) is 19.7. The van der Waals surface area contributed by atoms with Gasteiger partial charge < -0.3 is 14.7 Å². The monoisotopic (exact) mass is 278 g/mol. The molecule has 0 amide bonds. The number of anilines is 1. The quantitative estimate of drug-likeness (QED) is 0.510. The largest absolute Gasteiger partial charge is 0.478 e. The van der Waals surface area contributed by atoms with Crippen LogP contribution < -0.4 is 4.90 Å². The molecule has 7 nitrogen and oxygen atoms in total. The summed E-state index contributed by atoms with van der Waals surface area (Å²) < 4.78 is 5.22. The topological polar surface area (TPSA) is 92.9 Å². The smallest absolute Gasteiger partial charge is 0.328 e. The normalized spacial score (nSPS) is 15.5. The van der Waals surface area contributed by atoms with Gasteiger partial charge in [-0.3, -0.25) is 10.1 Å². The standard InChI is InChI=1S/C13H14N2O5/c16-13(17)4-2-10-1-3-11(12(9-10)15(18)19)14-5-7-20-8-6-14/h1-4,9H,5-8H2,(H,16,17)/b4-2+. The number of benzene rings is 1.